The highest BCUT2D eigenvalue weighted by atomic mass is 32.1. The SMILES string of the molecule is C[C@H](NC(=O)N1CCN(c2cccc(O)c2)CC1)c1cccs1. The molecule has 2 N–H and O–H groups in total. The van der Waals surface area contributed by atoms with Crippen molar-refractivity contribution in [1.29, 1.82) is 0 Å². The first kappa shape index (κ1) is 15.7. The van der Waals surface area contributed by atoms with Gasteiger partial charge in [-0.25, -0.2) is 4.79 Å². The van der Waals surface area contributed by atoms with Gasteiger partial charge in [0.25, 0.3) is 0 Å². The van der Waals surface area contributed by atoms with Crippen molar-refractivity contribution in [3.63, 3.8) is 0 Å². The summed E-state index contributed by atoms with van der Waals surface area (Å²) >= 11 is 1.65. The Morgan fingerprint density at radius 1 is 1.22 bits per heavy atom. The number of amides is 2. The average molecular weight is 331 g/mol. The summed E-state index contributed by atoms with van der Waals surface area (Å²) in [4.78, 5) is 17.6. The molecule has 0 saturated carbocycles. The van der Waals surface area contributed by atoms with Crippen LogP contribution in [-0.4, -0.2) is 42.2 Å². The minimum atomic E-state index is -0.0125. The Balaban J connectivity index is 1.53. The smallest absolute Gasteiger partial charge is 0.318 e. The lowest BCUT2D eigenvalue weighted by molar-refractivity contribution is 0.191. The first-order valence-corrected chi connectivity index (χ1v) is 8.64. The normalized spacial score (nSPS) is 16.2. The summed E-state index contributed by atoms with van der Waals surface area (Å²) < 4.78 is 0. The van der Waals surface area contributed by atoms with Crippen LogP contribution in [0.25, 0.3) is 0 Å². The van der Waals surface area contributed by atoms with Crippen LogP contribution in [0.15, 0.2) is 41.8 Å². The molecule has 0 aliphatic carbocycles. The molecule has 6 heteroatoms. The van der Waals surface area contributed by atoms with Crippen LogP contribution >= 0.6 is 11.3 Å². The van der Waals surface area contributed by atoms with Crippen LogP contribution in [-0.2, 0) is 0 Å². The van der Waals surface area contributed by atoms with Crippen molar-refractivity contribution in [1.82, 2.24) is 10.2 Å². The summed E-state index contributed by atoms with van der Waals surface area (Å²) in [7, 11) is 0. The van der Waals surface area contributed by atoms with Crippen molar-refractivity contribution in [3.8, 4) is 5.75 Å². The zero-order chi connectivity index (χ0) is 16.2. The monoisotopic (exact) mass is 331 g/mol. The Kier molecular flexibility index (Phi) is 4.71. The zero-order valence-electron chi connectivity index (χ0n) is 13.1. The van der Waals surface area contributed by atoms with Crippen molar-refractivity contribution in [2.45, 2.75) is 13.0 Å². The number of thiophene rings is 1. The minimum Gasteiger partial charge on any atom is -0.508 e. The molecule has 2 aromatic rings. The molecule has 1 aromatic heterocycles. The van der Waals surface area contributed by atoms with E-state index in [0.717, 1.165) is 23.7 Å². The van der Waals surface area contributed by atoms with Crippen LogP contribution in [0.3, 0.4) is 0 Å². The lowest BCUT2D eigenvalue weighted by Crippen LogP contribution is -2.52. The highest BCUT2D eigenvalue weighted by Gasteiger charge is 2.22. The number of hydrogen-bond donors (Lipinski definition) is 2. The Hall–Kier alpha value is -2.21. The zero-order valence-corrected chi connectivity index (χ0v) is 13.9. The Labute approximate surface area is 140 Å². The highest BCUT2D eigenvalue weighted by molar-refractivity contribution is 7.10. The molecule has 0 unspecified atom stereocenters. The van der Waals surface area contributed by atoms with Gasteiger partial charge in [-0.1, -0.05) is 12.1 Å². The molecule has 1 saturated heterocycles. The van der Waals surface area contributed by atoms with Gasteiger partial charge in [-0.05, 0) is 30.5 Å². The van der Waals surface area contributed by atoms with Crippen LogP contribution in [0.5, 0.6) is 5.75 Å². The number of nitrogens with one attached hydrogen (secondary N) is 1. The van der Waals surface area contributed by atoms with Gasteiger partial charge < -0.3 is 20.2 Å². The highest BCUT2D eigenvalue weighted by Crippen LogP contribution is 2.22. The Morgan fingerprint density at radius 2 is 2.00 bits per heavy atom. The van der Waals surface area contributed by atoms with Crippen LogP contribution < -0.4 is 10.2 Å². The van der Waals surface area contributed by atoms with Gasteiger partial charge in [0.15, 0.2) is 0 Å². The average Bonchev–Trinajstić information content (AvgIpc) is 3.09. The maximum absolute atomic E-state index is 12.4. The van der Waals surface area contributed by atoms with Crippen molar-refractivity contribution in [2.75, 3.05) is 31.1 Å². The van der Waals surface area contributed by atoms with Gasteiger partial charge in [0.1, 0.15) is 5.75 Å². The van der Waals surface area contributed by atoms with E-state index in [4.69, 9.17) is 0 Å². The number of phenolic OH excluding ortho intramolecular Hbond substituents is 1. The van der Waals surface area contributed by atoms with E-state index in [-0.39, 0.29) is 17.8 Å². The fourth-order valence-electron chi connectivity index (χ4n) is 2.74. The van der Waals surface area contributed by atoms with Crippen molar-refractivity contribution in [2.24, 2.45) is 0 Å². The summed E-state index contributed by atoms with van der Waals surface area (Å²) in [6.45, 7) is 4.90. The number of aromatic hydroxyl groups is 1. The predicted molar refractivity (Wildman–Crippen MR) is 93.2 cm³/mol. The number of piperazine rings is 1. The number of benzene rings is 1. The number of rotatable bonds is 3. The topological polar surface area (TPSA) is 55.8 Å². The second-order valence-corrected chi connectivity index (χ2v) is 6.66. The van der Waals surface area contributed by atoms with Crippen molar-refractivity contribution < 1.29 is 9.90 Å². The lowest BCUT2D eigenvalue weighted by Gasteiger charge is -2.36. The molecule has 1 atom stereocenters. The summed E-state index contributed by atoms with van der Waals surface area (Å²) in [5.41, 5.74) is 0.997. The van der Waals surface area contributed by atoms with E-state index in [1.807, 2.05) is 41.5 Å². The number of urea groups is 1. The quantitative estimate of drug-likeness (QED) is 0.909. The molecule has 0 radical (unpaired) electrons. The first-order chi connectivity index (χ1) is 11.1. The van der Waals surface area contributed by atoms with Crippen LogP contribution in [0.1, 0.15) is 17.8 Å². The molecule has 3 rings (SSSR count). The molecular weight excluding hydrogens is 310 g/mol. The van der Waals surface area contributed by atoms with Gasteiger partial charge in [-0.15, -0.1) is 11.3 Å². The molecule has 1 aromatic carbocycles. The predicted octanol–water partition coefficient (Wildman–Crippen LogP) is 3.05. The molecule has 1 fully saturated rings. The molecule has 0 spiro atoms. The standard InChI is InChI=1S/C17H21N3O2S/c1-13(16-6-3-11-23-16)18-17(22)20-9-7-19(8-10-20)14-4-2-5-15(21)12-14/h2-6,11-13,21H,7-10H2,1H3,(H,18,22)/t13-/m0/s1. The number of hydrogen-bond acceptors (Lipinski definition) is 4. The van der Waals surface area contributed by atoms with Gasteiger partial charge in [-0.2, -0.15) is 0 Å². The fraction of sp³-hybridized carbons (Fsp3) is 0.353. The lowest BCUT2D eigenvalue weighted by atomic mass is 10.2. The van der Waals surface area contributed by atoms with E-state index in [2.05, 4.69) is 10.2 Å². The van der Waals surface area contributed by atoms with E-state index in [1.165, 1.54) is 0 Å². The van der Waals surface area contributed by atoms with Crippen molar-refractivity contribution >= 4 is 23.1 Å². The molecule has 122 valence electrons. The Morgan fingerprint density at radius 3 is 2.65 bits per heavy atom. The number of carbonyl (C=O) groups is 1. The second-order valence-electron chi connectivity index (χ2n) is 5.68. The number of nitrogens with zero attached hydrogens (tertiary/aromatic N) is 2. The van der Waals surface area contributed by atoms with Crippen LogP contribution in [0.2, 0.25) is 0 Å². The number of anilines is 1. The van der Waals surface area contributed by atoms with E-state index < -0.39 is 0 Å². The fourth-order valence-corrected chi connectivity index (χ4v) is 3.48. The van der Waals surface area contributed by atoms with E-state index in [9.17, 15) is 9.90 Å². The molecule has 5 nitrogen and oxygen atoms in total. The maximum atomic E-state index is 12.4. The first-order valence-electron chi connectivity index (χ1n) is 7.76. The molecular formula is C17H21N3O2S. The van der Waals surface area contributed by atoms with Gasteiger partial charge in [-0.3, -0.25) is 0 Å². The molecule has 2 heterocycles. The third kappa shape index (κ3) is 3.76. The molecule has 1 aliphatic heterocycles. The maximum Gasteiger partial charge on any atom is 0.318 e. The van der Waals surface area contributed by atoms with Gasteiger partial charge in [0, 0.05) is 42.8 Å². The summed E-state index contributed by atoms with van der Waals surface area (Å²) in [6.07, 6.45) is 0. The van der Waals surface area contributed by atoms with Crippen LogP contribution in [0, 0.1) is 0 Å². The number of carbonyl (C=O) groups excluding carboxylic acids is 1. The molecule has 23 heavy (non-hydrogen) atoms. The second kappa shape index (κ2) is 6.91. The largest absolute Gasteiger partial charge is 0.508 e. The van der Waals surface area contributed by atoms with Crippen molar-refractivity contribution in [3.05, 3.63) is 46.7 Å². The molecule has 0 bridgehead atoms. The summed E-state index contributed by atoms with van der Waals surface area (Å²) in [5, 5.41) is 14.6. The van der Waals surface area contributed by atoms with E-state index in [0.29, 0.717) is 13.1 Å². The minimum absolute atomic E-state index is 0.0125. The summed E-state index contributed by atoms with van der Waals surface area (Å²) in [6, 6.07) is 11.3. The summed E-state index contributed by atoms with van der Waals surface area (Å²) in [5.74, 6) is 0.271. The van der Waals surface area contributed by atoms with Gasteiger partial charge >= 0.3 is 6.03 Å². The van der Waals surface area contributed by atoms with E-state index >= 15 is 0 Å². The van der Waals surface area contributed by atoms with E-state index in [1.54, 1.807) is 23.5 Å². The number of phenols is 1. The van der Waals surface area contributed by atoms with Crippen LogP contribution in [0.4, 0.5) is 10.5 Å². The molecule has 1 aliphatic rings. The molecule has 2 amide bonds. The van der Waals surface area contributed by atoms with Gasteiger partial charge in [0.2, 0.25) is 0 Å². The third-order valence-electron chi connectivity index (χ3n) is 4.07. The Bertz CT molecular complexity index is 652. The third-order valence-corrected chi connectivity index (χ3v) is 5.13. The van der Waals surface area contributed by atoms with Gasteiger partial charge in [0.05, 0.1) is 6.04 Å².